The van der Waals surface area contributed by atoms with Crippen molar-refractivity contribution >= 4 is 49.5 Å². The zero-order valence-electron chi connectivity index (χ0n) is 15.4. The minimum absolute atomic E-state index is 0.101. The van der Waals surface area contributed by atoms with E-state index in [1.807, 2.05) is 5.38 Å². The van der Waals surface area contributed by atoms with Crippen LogP contribution in [0.25, 0.3) is 0 Å². The predicted molar refractivity (Wildman–Crippen MR) is 112 cm³/mol. The molecule has 0 aliphatic carbocycles. The van der Waals surface area contributed by atoms with E-state index >= 15 is 0 Å². The number of nitrogens with zero attached hydrogens (tertiary/aromatic N) is 2. The van der Waals surface area contributed by atoms with Crippen molar-refractivity contribution in [3.8, 4) is 0 Å². The molecule has 0 unspecified atom stereocenters. The number of benzene rings is 1. The summed E-state index contributed by atoms with van der Waals surface area (Å²) in [5, 5.41) is 6.82. The fraction of sp³-hybridized carbons (Fsp3) is 0.211. The van der Waals surface area contributed by atoms with Crippen molar-refractivity contribution < 1.29 is 18.0 Å². The monoisotopic (exact) mass is 447 g/mol. The summed E-state index contributed by atoms with van der Waals surface area (Å²) in [5.41, 5.74) is 1.73. The maximum Gasteiger partial charge on any atom is 0.258 e. The van der Waals surface area contributed by atoms with Crippen LogP contribution in [0, 0.1) is 0 Å². The Morgan fingerprint density at radius 3 is 2.76 bits per heavy atom. The number of hydrogen-bond donors (Lipinski definition) is 1. The van der Waals surface area contributed by atoms with Gasteiger partial charge in [-0.25, -0.2) is 13.4 Å². The highest BCUT2D eigenvalue weighted by Crippen LogP contribution is 2.31. The van der Waals surface area contributed by atoms with Gasteiger partial charge >= 0.3 is 0 Å². The largest absolute Gasteiger partial charge is 0.298 e. The summed E-state index contributed by atoms with van der Waals surface area (Å²) < 4.78 is 27.5. The van der Waals surface area contributed by atoms with Crippen LogP contribution >= 0.6 is 22.7 Å². The Bertz CT molecular complexity index is 1180. The van der Waals surface area contributed by atoms with Gasteiger partial charge in [0, 0.05) is 28.8 Å². The van der Waals surface area contributed by atoms with E-state index in [2.05, 4.69) is 10.3 Å². The summed E-state index contributed by atoms with van der Waals surface area (Å²) in [6.45, 7) is 1.89. The van der Waals surface area contributed by atoms with Crippen molar-refractivity contribution in [1.29, 1.82) is 0 Å². The summed E-state index contributed by atoms with van der Waals surface area (Å²) in [7, 11) is -3.74. The molecule has 7 nitrogen and oxygen atoms in total. The number of Topliss-reactive ketones (excluding diaryl/α,β-unsaturated/α-hetero) is 1. The molecule has 0 spiro atoms. The number of amides is 1. The van der Waals surface area contributed by atoms with Crippen LogP contribution in [0.2, 0.25) is 0 Å². The number of hydrogen-bond acceptors (Lipinski definition) is 7. The first-order valence-corrected chi connectivity index (χ1v) is 12.0. The summed E-state index contributed by atoms with van der Waals surface area (Å²) >= 11 is 2.72. The third-order valence-electron chi connectivity index (χ3n) is 4.58. The minimum atomic E-state index is -3.74. The number of nitrogens with one attached hydrogen (secondary N) is 1. The highest BCUT2D eigenvalue weighted by molar-refractivity contribution is 7.89. The standard InChI is InChI=1S/C19H17N3O4S3/c1-12(23)13-3-2-4-15(9-13)29(25,26)22-7-5-16-17(10-22)28-19(20-16)21-18(24)14-6-8-27-11-14/h2-4,6,8-9,11H,5,7,10H2,1H3,(H,20,21,24). The number of ketones is 1. The normalized spacial score (nSPS) is 14.4. The van der Waals surface area contributed by atoms with Crippen LogP contribution in [-0.2, 0) is 23.0 Å². The van der Waals surface area contributed by atoms with Crippen molar-refractivity contribution in [2.24, 2.45) is 0 Å². The first kappa shape index (κ1) is 19.9. The Hall–Kier alpha value is -2.40. The second-order valence-corrected chi connectivity index (χ2v) is 10.3. The van der Waals surface area contributed by atoms with Gasteiger partial charge in [-0.05, 0) is 30.5 Å². The average Bonchev–Trinajstić information content (AvgIpc) is 3.37. The van der Waals surface area contributed by atoms with Crippen molar-refractivity contribution in [3.05, 3.63) is 62.8 Å². The van der Waals surface area contributed by atoms with Crippen LogP contribution in [-0.4, -0.2) is 35.9 Å². The zero-order chi connectivity index (χ0) is 20.6. The molecule has 1 aromatic carbocycles. The Morgan fingerprint density at radius 1 is 1.21 bits per heavy atom. The average molecular weight is 448 g/mol. The van der Waals surface area contributed by atoms with Crippen LogP contribution in [0.5, 0.6) is 0 Å². The van der Waals surface area contributed by atoms with Crippen LogP contribution in [0.3, 0.4) is 0 Å². The van der Waals surface area contributed by atoms with Gasteiger partial charge in [0.25, 0.3) is 5.91 Å². The lowest BCUT2D eigenvalue weighted by Gasteiger charge is -2.25. The van der Waals surface area contributed by atoms with Gasteiger partial charge in [0.1, 0.15) is 0 Å². The van der Waals surface area contributed by atoms with Gasteiger partial charge in [-0.1, -0.05) is 12.1 Å². The third-order valence-corrected chi connectivity index (χ3v) is 8.10. The van der Waals surface area contributed by atoms with Crippen LogP contribution in [0.1, 0.15) is 38.2 Å². The molecule has 1 N–H and O–H groups in total. The number of thiophene rings is 1. The summed E-state index contributed by atoms with van der Waals surface area (Å²) in [6.07, 6.45) is 0.464. The second-order valence-electron chi connectivity index (χ2n) is 6.53. The van der Waals surface area contributed by atoms with Gasteiger partial charge in [0.05, 0.1) is 22.7 Å². The third kappa shape index (κ3) is 4.01. The fourth-order valence-corrected chi connectivity index (χ4v) is 6.21. The molecular weight excluding hydrogens is 430 g/mol. The second kappa shape index (κ2) is 7.79. The molecule has 0 bridgehead atoms. The minimum Gasteiger partial charge on any atom is -0.298 e. The molecule has 0 saturated heterocycles. The van der Waals surface area contributed by atoms with Crippen LogP contribution in [0.4, 0.5) is 5.13 Å². The molecule has 0 atom stereocenters. The van der Waals surface area contributed by atoms with Crippen LogP contribution < -0.4 is 5.32 Å². The lowest BCUT2D eigenvalue weighted by atomic mass is 10.2. The number of carbonyl (C=O) groups excluding carboxylic acids is 2. The first-order valence-electron chi connectivity index (χ1n) is 8.78. The van der Waals surface area contributed by atoms with Crippen molar-refractivity contribution in [2.75, 3.05) is 11.9 Å². The smallest absolute Gasteiger partial charge is 0.258 e. The fourth-order valence-electron chi connectivity index (χ4n) is 3.02. The van der Waals surface area contributed by atoms with E-state index in [1.165, 1.54) is 46.0 Å². The topological polar surface area (TPSA) is 96.4 Å². The quantitative estimate of drug-likeness (QED) is 0.605. The zero-order valence-corrected chi connectivity index (χ0v) is 17.9. The molecule has 4 rings (SSSR count). The van der Waals surface area contributed by atoms with Gasteiger partial charge in [-0.3, -0.25) is 14.9 Å². The van der Waals surface area contributed by atoms with Crippen molar-refractivity contribution in [2.45, 2.75) is 24.8 Å². The Morgan fingerprint density at radius 2 is 2.03 bits per heavy atom. The van der Waals surface area contributed by atoms with Crippen molar-refractivity contribution in [3.63, 3.8) is 0 Å². The molecule has 3 aromatic rings. The Kier molecular flexibility index (Phi) is 5.34. The molecule has 29 heavy (non-hydrogen) atoms. The van der Waals surface area contributed by atoms with E-state index in [4.69, 9.17) is 0 Å². The van der Waals surface area contributed by atoms with E-state index in [0.717, 1.165) is 10.6 Å². The summed E-state index contributed by atoms with van der Waals surface area (Å²) in [4.78, 5) is 29.2. The highest BCUT2D eigenvalue weighted by atomic mass is 32.2. The van der Waals surface area contributed by atoms with Crippen molar-refractivity contribution in [1.82, 2.24) is 9.29 Å². The van der Waals surface area contributed by atoms with Gasteiger partial charge < -0.3 is 0 Å². The summed E-state index contributed by atoms with van der Waals surface area (Å²) in [6, 6.07) is 7.81. The molecule has 10 heteroatoms. The number of sulfonamides is 1. The van der Waals surface area contributed by atoms with E-state index in [1.54, 1.807) is 23.6 Å². The summed E-state index contributed by atoms with van der Waals surface area (Å²) in [5.74, 6) is -0.417. The Balaban J connectivity index is 1.54. The Labute approximate surface area is 176 Å². The molecule has 0 fully saturated rings. The molecule has 0 saturated carbocycles. The molecule has 1 amide bonds. The number of rotatable bonds is 5. The van der Waals surface area contributed by atoms with Crippen LogP contribution in [0.15, 0.2) is 46.0 Å². The SMILES string of the molecule is CC(=O)c1cccc(S(=O)(=O)N2CCc3nc(NC(=O)c4ccsc4)sc3C2)c1. The molecule has 2 aromatic heterocycles. The maximum absolute atomic E-state index is 13.0. The van der Waals surface area contributed by atoms with E-state index < -0.39 is 10.0 Å². The van der Waals surface area contributed by atoms with E-state index in [-0.39, 0.29) is 23.1 Å². The maximum atomic E-state index is 13.0. The lowest BCUT2D eigenvalue weighted by molar-refractivity contribution is 0.101. The first-order chi connectivity index (χ1) is 13.8. The number of anilines is 1. The number of fused-ring (bicyclic) bond motifs is 1. The van der Waals surface area contributed by atoms with Gasteiger partial charge in [0.2, 0.25) is 10.0 Å². The highest BCUT2D eigenvalue weighted by Gasteiger charge is 2.31. The molecule has 3 heterocycles. The predicted octanol–water partition coefficient (Wildman–Crippen LogP) is 3.41. The number of aromatic nitrogens is 1. The van der Waals surface area contributed by atoms with Gasteiger partial charge in [0.15, 0.2) is 10.9 Å². The molecule has 1 aliphatic heterocycles. The van der Waals surface area contributed by atoms with E-state index in [9.17, 15) is 18.0 Å². The number of carbonyl (C=O) groups is 2. The van der Waals surface area contributed by atoms with E-state index in [0.29, 0.717) is 29.2 Å². The molecular formula is C19H17N3O4S3. The van der Waals surface area contributed by atoms with Gasteiger partial charge in [-0.2, -0.15) is 15.6 Å². The molecule has 0 radical (unpaired) electrons. The lowest BCUT2D eigenvalue weighted by Crippen LogP contribution is -2.35. The molecule has 150 valence electrons. The molecule has 1 aliphatic rings. The van der Waals surface area contributed by atoms with Gasteiger partial charge in [-0.15, -0.1) is 11.3 Å². The number of thiazole rings is 1.